The zero-order valence-electron chi connectivity index (χ0n) is 8.56. The number of thioether (sulfide) groups is 1. The first-order valence-electron chi connectivity index (χ1n) is 5.15. The SMILES string of the molecule is CCOc1ccc2c(c1)SC1=NCCN12. The summed E-state index contributed by atoms with van der Waals surface area (Å²) >= 11 is 1.74. The summed E-state index contributed by atoms with van der Waals surface area (Å²) in [5, 5.41) is 1.14. The largest absolute Gasteiger partial charge is 0.494 e. The van der Waals surface area contributed by atoms with Crippen molar-refractivity contribution in [3.05, 3.63) is 18.2 Å². The van der Waals surface area contributed by atoms with Crippen molar-refractivity contribution >= 4 is 22.6 Å². The van der Waals surface area contributed by atoms with Crippen LogP contribution in [0.5, 0.6) is 5.75 Å². The van der Waals surface area contributed by atoms with E-state index in [1.54, 1.807) is 11.8 Å². The smallest absolute Gasteiger partial charge is 0.168 e. The van der Waals surface area contributed by atoms with Crippen molar-refractivity contribution < 1.29 is 4.74 Å². The second-order valence-corrected chi connectivity index (χ2v) is 4.49. The van der Waals surface area contributed by atoms with Gasteiger partial charge in [-0.25, -0.2) is 0 Å². The molecule has 2 aliphatic rings. The Morgan fingerprint density at radius 1 is 1.53 bits per heavy atom. The van der Waals surface area contributed by atoms with Crippen LogP contribution >= 0.6 is 11.8 Å². The van der Waals surface area contributed by atoms with Crippen molar-refractivity contribution in [2.24, 2.45) is 4.99 Å². The van der Waals surface area contributed by atoms with Gasteiger partial charge in [0.05, 0.1) is 18.8 Å². The number of benzene rings is 1. The number of amidine groups is 1. The van der Waals surface area contributed by atoms with E-state index >= 15 is 0 Å². The van der Waals surface area contributed by atoms with Gasteiger partial charge in [0.1, 0.15) is 5.75 Å². The van der Waals surface area contributed by atoms with Crippen molar-refractivity contribution in [1.82, 2.24) is 0 Å². The second-order valence-electron chi connectivity index (χ2n) is 3.48. The molecular formula is C11H12N2OS. The lowest BCUT2D eigenvalue weighted by molar-refractivity contribution is 0.339. The van der Waals surface area contributed by atoms with Crippen LogP contribution in [0.3, 0.4) is 0 Å². The monoisotopic (exact) mass is 220 g/mol. The van der Waals surface area contributed by atoms with Crippen molar-refractivity contribution in [1.29, 1.82) is 0 Å². The predicted octanol–water partition coefficient (Wildman–Crippen LogP) is 2.37. The number of hydrogen-bond donors (Lipinski definition) is 0. The second kappa shape index (κ2) is 3.45. The Balaban J connectivity index is 1.97. The number of hydrogen-bond acceptors (Lipinski definition) is 4. The number of anilines is 1. The molecule has 0 radical (unpaired) electrons. The normalized spacial score (nSPS) is 17.4. The van der Waals surface area contributed by atoms with Crippen LogP contribution in [-0.2, 0) is 0 Å². The molecule has 78 valence electrons. The van der Waals surface area contributed by atoms with Crippen LogP contribution < -0.4 is 9.64 Å². The molecule has 1 aromatic rings. The predicted molar refractivity (Wildman–Crippen MR) is 63.1 cm³/mol. The van der Waals surface area contributed by atoms with E-state index in [0.717, 1.165) is 24.0 Å². The van der Waals surface area contributed by atoms with Crippen LogP contribution in [-0.4, -0.2) is 24.9 Å². The van der Waals surface area contributed by atoms with Gasteiger partial charge in [0.25, 0.3) is 0 Å². The molecule has 0 unspecified atom stereocenters. The third-order valence-corrected chi connectivity index (χ3v) is 3.61. The number of fused-ring (bicyclic) bond motifs is 3. The van der Waals surface area contributed by atoms with E-state index in [-0.39, 0.29) is 0 Å². The first-order valence-corrected chi connectivity index (χ1v) is 5.97. The summed E-state index contributed by atoms with van der Waals surface area (Å²) in [6, 6.07) is 6.26. The fraction of sp³-hybridized carbons (Fsp3) is 0.364. The third kappa shape index (κ3) is 1.40. The van der Waals surface area contributed by atoms with Crippen molar-refractivity contribution in [3.8, 4) is 5.75 Å². The Kier molecular flexibility index (Phi) is 2.09. The Morgan fingerprint density at radius 3 is 3.33 bits per heavy atom. The maximum atomic E-state index is 5.48. The maximum Gasteiger partial charge on any atom is 0.168 e. The first-order chi connectivity index (χ1) is 7.38. The van der Waals surface area contributed by atoms with Crippen LogP contribution in [0.1, 0.15) is 6.92 Å². The van der Waals surface area contributed by atoms with Crippen LogP contribution in [0.25, 0.3) is 0 Å². The Morgan fingerprint density at radius 2 is 2.47 bits per heavy atom. The molecule has 0 saturated carbocycles. The van der Waals surface area contributed by atoms with E-state index < -0.39 is 0 Å². The molecule has 0 N–H and O–H groups in total. The molecule has 0 spiro atoms. The highest BCUT2D eigenvalue weighted by molar-refractivity contribution is 8.14. The quantitative estimate of drug-likeness (QED) is 0.765. The van der Waals surface area contributed by atoms with Gasteiger partial charge in [-0.3, -0.25) is 4.99 Å². The summed E-state index contributed by atoms with van der Waals surface area (Å²) in [5.41, 5.74) is 1.28. The standard InChI is InChI=1S/C11H12N2OS/c1-2-14-8-3-4-9-10(7-8)15-11-12-5-6-13(9)11/h3-4,7H,2,5-6H2,1H3. The van der Waals surface area contributed by atoms with E-state index in [9.17, 15) is 0 Å². The minimum atomic E-state index is 0.716. The lowest BCUT2D eigenvalue weighted by atomic mass is 10.3. The molecule has 0 amide bonds. The van der Waals surface area contributed by atoms with E-state index in [1.807, 2.05) is 13.0 Å². The van der Waals surface area contributed by atoms with Gasteiger partial charge in [0.2, 0.25) is 0 Å². The molecule has 4 heteroatoms. The van der Waals surface area contributed by atoms with Gasteiger partial charge in [-0.1, -0.05) is 0 Å². The van der Waals surface area contributed by atoms with Gasteiger partial charge in [-0.05, 0) is 36.9 Å². The number of ether oxygens (including phenoxy) is 1. The minimum Gasteiger partial charge on any atom is -0.494 e. The average molecular weight is 220 g/mol. The highest BCUT2D eigenvalue weighted by Crippen LogP contribution is 2.43. The molecule has 0 atom stereocenters. The molecule has 15 heavy (non-hydrogen) atoms. The zero-order chi connectivity index (χ0) is 10.3. The molecule has 0 bridgehead atoms. The summed E-state index contributed by atoms with van der Waals surface area (Å²) in [5.74, 6) is 0.950. The van der Waals surface area contributed by atoms with Gasteiger partial charge in [0, 0.05) is 11.4 Å². The van der Waals surface area contributed by atoms with Crippen LogP contribution in [0, 0.1) is 0 Å². The topological polar surface area (TPSA) is 24.8 Å². The number of nitrogens with zero attached hydrogens (tertiary/aromatic N) is 2. The first kappa shape index (κ1) is 9.09. The van der Waals surface area contributed by atoms with Gasteiger partial charge in [-0.15, -0.1) is 0 Å². The fourth-order valence-electron chi connectivity index (χ4n) is 1.89. The maximum absolute atomic E-state index is 5.48. The molecule has 1 aromatic carbocycles. The van der Waals surface area contributed by atoms with E-state index in [1.165, 1.54) is 10.6 Å². The number of aliphatic imine (C=N–C) groups is 1. The van der Waals surface area contributed by atoms with Crippen LogP contribution in [0.15, 0.2) is 28.1 Å². The highest BCUT2D eigenvalue weighted by atomic mass is 32.2. The molecule has 0 aromatic heterocycles. The summed E-state index contributed by atoms with van der Waals surface area (Å²) in [6.45, 7) is 4.66. The van der Waals surface area contributed by atoms with Gasteiger partial charge < -0.3 is 9.64 Å². The van der Waals surface area contributed by atoms with Crippen molar-refractivity contribution in [2.45, 2.75) is 11.8 Å². The molecule has 3 rings (SSSR count). The van der Waals surface area contributed by atoms with E-state index in [0.29, 0.717) is 6.61 Å². The van der Waals surface area contributed by atoms with E-state index in [2.05, 4.69) is 22.0 Å². The Bertz CT molecular complexity index is 431. The lowest BCUT2D eigenvalue weighted by Gasteiger charge is -2.12. The molecule has 0 saturated heterocycles. The summed E-state index contributed by atoms with van der Waals surface area (Å²) in [7, 11) is 0. The van der Waals surface area contributed by atoms with Crippen LogP contribution in [0.4, 0.5) is 5.69 Å². The Labute approximate surface area is 93.1 Å². The van der Waals surface area contributed by atoms with E-state index in [4.69, 9.17) is 4.74 Å². The van der Waals surface area contributed by atoms with Gasteiger partial charge in [0.15, 0.2) is 5.17 Å². The molecule has 2 aliphatic heterocycles. The molecule has 2 heterocycles. The zero-order valence-corrected chi connectivity index (χ0v) is 9.38. The molecule has 3 nitrogen and oxygen atoms in total. The molecular weight excluding hydrogens is 208 g/mol. The van der Waals surface area contributed by atoms with Gasteiger partial charge >= 0.3 is 0 Å². The summed E-state index contributed by atoms with van der Waals surface area (Å²) < 4.78 is 5.48. The Hall–Kier alpha value is -1.16. The number of rotatable bonds is 2. The molecule has 0 aliphatic carbocycles. The highest BCUT2D eigenvalue weighted by Gasteiger charge is 2.29. The molecule has 0 fully saturated rings. The third-order valence-electron chi connectivity index (χ3n) is 2.54. The summed E-state index contributed by atoms with van der Waals surface area (Å²) in [4.78, 5) is 7.99. The summed E-state index contributed by atoms with van der Waals surface area (Å²) in [6.07, 6.45) is 0. The van der Waals surface area contributed by atoms with Crippen molar-refractivity contribution in [3.63, 3.8) is 0 Å². The minimum absolute atomic E-state index is 0.716. The average Bonchev–Trinajstić information content (AvgIpc) is 2.77. The van der Waals surface area contributed by atoms with Crippen molar-refractivity contribution in [2.75, 3.05) is 24.6 Å². The van der Waals surface area contributed by atoms with Gasteiger partial charge in [-0.2, -0.15) is 0 Å². The lowest BCUT2D eigenvalue weighted by Crippen LogP contribution is -2.20. The fourth-order valence-corrected chi connectivity index (χ4v) is 3.00. The van der Waals surface area contributed by atoms with Crippen LogP contribution in [0.2, 0.25) is 0 Å².